The molecule has 1 heterocycles. The van der Waals surface area contributed by atoms with Gasteiger partial charge in [0, 0.05) is 6.04 Å². The molecule has 2 rings (SSSR count). The second-order valence-corrected chi connectivity index (χ2v) is 5.12. The molecule has 88 valence electrons. The maximum atomic E-state index is 6.11. The van der Waals surface area contributed by atoms with Gasteiger partial charge in [0.1, 0.15) is 0 Å². The minimum Gasteiger partial charge on any atom is -0.376 e. The van der Waals surface area contributed by atoms with Gasteiger partial charge in [-0.05, 0) is 38.1 Å². The van der Waals surface area contributed by atoms with Crippen molar-refractivity contribution >= 4 is 0 Å². The second-order valence-electron chi connectivity index (χ2n) is 5.12. The Bertz CT molecular complexity index is 177. The molecular formula is C13H25NO. The molecule has 1 aliphatic carbocycles. The quantitative estimate of drug-likeness (QED) is 0.772. The topological polar surface area (TPSA) is 21.3 Å². The SMILES string of the molecule is CCC1CCCCC1OC[C@@H]1CCCN1. The maximum Gasteiger partial charge on any atom is 0.0623 e. The molecule has 3 atom stereocenters. The van der Waals surface area contributed by atoms with Crippen LogP contribution < -0.4 is 5.32 Å². The highest BCUT2D eigenvalue weighted by Crippen LogP contribution is 2.29. The lowest BCUT2D eigenvalue weighted by molar-refractivity contribution is -0.0195. The van der Waals surface area contributed by atoms with E-state index in [0.29, 0.717) is 12.1 Å². The zero-order valence-corrected chi connectivity index (χ0v) is 10.0. The Hall–Kier alpha value is -0.0800. The minimum absolute atomic E-state index is 0.561. The van der Waals surface area contributed by atoms with E-state index in [2.05, 4.69) is 12.2 Å². The van der Waals surface area contributed by atoms with E-state index in [1.54, 1.807) is 0 Å². The van der Waals surface area contributed by atoms with Gasteiger partial charge in [-0.25, -0.2) is 0 Å². The second kappa shape index (κ2) is 5.86. The van der Waals surface area contributed by atoms with Crippen molar-refractivity contribution in [1.82, 2.24) is 5.32 Å². The van der Waals surface area contributed by atoms with Gasteiger partial charge in [0.25, 0.3) is 0 Å². The van der Waals surface area contributed by atoms with Crippen LogP contribution in [0.1, 0.15) is 51.9 Å². The zero-order chi connectivity index (χ0) is 10.5. The zero-order valence-electron chi connectivity index (χ0n) is 10.0. The van der Waals surface area contributed by atoms with Gasteiger partial charge in [-0.15, -0.1) is 0 Å². The lowest BCUT2D eigenvalue weighted by Gasteiger charge is -2.31. The fourth-order valence-electron chi connectivity index (χ4n) is 3.00. The Morgan fingerprint density at radius 2 is 2.00 bits per heavy atom. The minimum atomic E-state index is 0.561. The van der Waals surface area contributed by atoms with Crippen molar-refractivity contribution in [3.8, 4) is 0 Å². The summed E-state index contributed by atoms with van der Waals surface area (Å²) in [6.07, 6.45) is 9.97. The van der Waals surface area contributed by atoms with Crippen LogP contribution in [-0.4, -0.2) is 25.3 Å². The highest BCUT2D eigenvalue weighted by molar-refractivity contribution is 4.78. The molecule has 0 aromatic heterocycles. The summed E-state index contributed by atoms with van der Waals surface area (Å²) in [5.41, 5.74) is 0. The van der Waals surface area contributed by atoms with Crippen LogP contribution in [0.15, 0.2) is 0 Å². The fraction of sp³-hybridized carbons (Fsp3) is 1.00. The average molecular weight is 211 g/mol. The first-order chi connectivity index (χ1) is 7.40. The van der Waals surface area contributed by atoms with Crippen molar-refractivity contribution in [1.29, 1.82) is 0 Å². The molecule has 1 N–H and O–H groups in total. The van der Waals surface area contributed by atoms with Gasteiger partial charge in [0.15, 0.2) is 0 Å². The van der Waals surface area contributed by atoms with Crippen LogP contribution in [0.2, 0.25) is 0 Å². The summed E-state index contributed by atoms with van der Waals surface area (Å²) < 4.78 is 6.11. The predicted molar refractivity (Wildman–Crippen MR) is 63.0 cm³/mol. The highest BCUT2D eigenvalue weighted by atomic mass is 16.5. The van der Waals surface area contributed by atoms with E-state index in [0.717, 1.165) is 12.5 Å². The van der Waals surface area contributed by atoms with Crippen molar-refractivity contribution in [2.24, 2.45) is 5.92 Å². The molecule has 2 nitrogen and oxygen atoms in total. The molecule has 0 radical (unpaired) electrons. The molecule has 0 aromatic rings. The molecule has 15 heavy (non-hydrogen) atoms. The van der Waals surface area contributed by atoms with Gasteiger partial charge in [-0.2, -0.15) is 0 Å². The first-order valence-corrected chi connectivity index (χ1v) is 6.75. The third-order valence-electron chi connectivity index (χ3n) is 4.04. The van der Waals surface area contributed by atoms with E-state index in [9.17, 15) is 0 Å². The predicted octanol–water partition coefficient (Wildman–Crippen LogP) is 2.72. The van der Waals surface area contributed by atoms with Gasteiger partial charge < -0.3 is 10.1 Å². The molecule has 2 aliphatic rings. The summed E-state index contributed by atoms with van der Waals surface area (Å²) in [4.78, 5) is 0. The Labute approximate surface area is 93.8 Å². The molecule has 1 aliphatic heterocycles. The van der Waals surface area contributed by atoms with Gasteiger partial charge in [-0.1, -0.05) is 26.2 Å². The molecule has 2 heteroatoms. The van der Waals surface area contributed by atoms with Crippen molar-refractivity contribution in [3.63, 3.8) is 0 Å². The molecule has 0 bridgehead atoms. The van der Waals surface area contributed by atoms with Crippen LogP contribution in [0.4, 0.5) is 0 Å². The van der Waals surface area contributed by atoms with E-state index in [4.69, 9.17) is 4.74 Å². The summed E-state index contributed by atoms with van der Waals surface area (Å²) in [6.45, 7) is 4.44. The van der Waals surface area contributed by atoms with Crippen molar-refractivity contribution in [2.75, 3.05) is 13.2 Å². The summed E-state index contributed by atoms with van der Waals surface area (Å²) in [6, 6.07) is 0.643. The Kier molecular flexibility index (Phi) is 4.45. The van der Waals surface area contributed by atoms with Gasteiger partial charge in [-0.3, -0.25) is 0 Å². The number of hydrogen-bond donors (Lipinski definition) is 1. The molecule has 2 fully saturated rings. The monoisotopic (exact) mass is 211 g/mol. The van der Waals surface area contributed by atoms with Gasteiger partial charge in [0.2, 0.25) is 0 Å². The summed E-state index contributed by atoms with van der Waals surface area (Å²) in [5.74, 6) is 0.833. The normalized spacial score (nSPS) is 37.0. The van der Waals surface area contributed by atoms with E-state index in [1.165, 1.54) is 51.5 Å². The van der Waals surface area contributed by atoms with Crippen LogP contribution in [0, 0.1) is 5.92 Å². The van der Waals surface area contributed by atoms with Crippen LogP contribution in [0.3, 0.4) is 0 Å². The first kappa shape index (κ1) is 11.4. The van der Waals surface area contributed by atoms with Gasteiger partial charge in [0.05, 0.1) is 12.7 Å². The van der Waals surface area contributed by atoms with Gasteiger partial charge >= 0.3 is 0 Å². The summed E-state index contributed by atoms with van der Waals surface area (Å²) >= 11 is 0. The number of rotatable bonds is 4. The van der Waals surface area contributed by atoms with Crippen molar-refractivity contribution in [2.45, 2.75) is 64.0 Å². The Morgan fingerprint density at radius 1 is 1.13 bits per heavy atom. The lowest BCUT2D eigenvalue weighted by Crippen LogP contribution is -2.33. The van der Waals surface area contributed by atoms with E-state index >= 15 is 0 Å². The largest absolute Gasteiger partial charge is 0.376 e. The smallest absolute Gasteiger partial charge is 0.0623 e. The number of hydrogen-bond acceptors (Lipinski definition) is 2. The van der Waals surface area contributed by atoms with Crippen molar-refractivity contribution < 1.29 is 4.74 Å². The Morgan fingerprint density at radius 3 is 2.73 bits per heavy atom. The molecule has 1 saturated heterocycles. The highest BCUT2D eigenvalue weighted by Gasteiger charge is 2.25. The molecular weight excluding hydrogens is 186 g/mol. The van der Waals surface area contributed by atoms with Crippen LogP contribution >= 0.6 is 0 Å². The van der Waals surface area contributed by atoms with E-state index in [-0.39, 0.29) is 0 Å². The van der Waals surface area contributed by atoms with Crippen molar-refractivity contribution in [3.05, 3.63) is 0 Å². The number of ether oxygens (including phenoxy) is 1. The lowest BCUT2D eigenvalue weighted by atomic mass is 9.85. The van der Waals surface area contributed by atoms with E-state index < -0.39 is 0 Å². The first-order valence-electron chi connectivity index (χ1n) is 6.75. The molecule has 0 amide bonds. The maximum absolute atomic E-state index is 6.11. The van der Waals surface area contributed by atoms with Crippen LogP contribution in [0.5, 0.6) is 0 Å². The molecule has 0 spiro atoms. The molecule has 0 aromatic carbocycles. The Balaban J connectivity index is 1.71. The third-order valence-corrected chi connectivity index (χ3v) is 4.04. The average Bonchev–Trinajstić information content (AvgIpc) is 2.79. The summed E-state index contributed by atoms with van der Waals surface area (Å²) in [7, 11) is 0. The fourth-order valence-corrected chi connectivity index (χ4v) is 3.00. The molecule has 1 saturated carbocycles. The number of nitrogens with one attached hydrogen (secondary N) is 1. The third kappa shape index (κ3) is 3.18. The van der Waals surface area contributed by atoms with Crippen LogP contribution in [-0.2, 0) is 4.74 Å². The summed E-state index contributed by atoms with van der Waals surface area (Å²) in [5, 5.41) is 3.50. The van der Waals surface area contributed by atoms with Crippen LogP contribution in [0.25, 0.3) is 0 Å². The van der Waals surface area contributed by atoms with E-state index in [1.807, 2.05) is 0 Å². The standard InChI is InChI=1S/C13H25NO/c1-2-11-6-3-4-8-13(11)15-10-12-7-5-9-14-12/h11-14H,2-10H2,1H3/t11?,12-,13?/m0/s1. The molecule has 2 unspecified atom stereocenters.